The third-order valence-corrected chi connectivity index (χ3v) is 1.13. The summed E-state index contributed by atoms with van der Waals surface area (Å²) in [6.45, 7) is 9.53. The molecular formula is C9H16N2. The third kappa shape index (κ3) is 5.40. The van der Waals surface area contributed by atoms with Crippen LogP contribution >= 0.6 is 0 Å². The van der Waals surface area contributed by atoms with Crippen molar-refractivity contribution in [1.29, 1.82) is 0 Å². The molecule has 2 heteroatoms. The molecule has 0 aromatic heterocycles. The van der Waals surface area contributed by atoms with Crippen molar-refractivity contribution < 1.29 is 0 Å². The van der Waals surface area contributed by atoms with Crippen molar-refractivity contribution in [1.82, 2.24) is 5.32 Å². The molecule has 0 aromatic carbocycles. The molecule has 0 amide bonds. The molecule has 0 saturated carbocycles. The van der Waals surface area contributed by atoms with Crippen molar-refractivity contribution in [3.8, 4) is 0 Å². The molecule has 0 rings (SSSR count). The smallest absolute Gasteiger partial charge is 0.0314 e. The molecule has 0 saturated heterocycles. The van der Waals surface area contributed by atoms with Gasteiger partial charge in [-0.25, -0.2) is 0 Å². The zero-order valence-corrected chi connectivity index (χ0v) is 7.46. The van der Waals surface area contributed by atoms with E-state index in [1.165, 1.54) is 0 Å². The van der Waals surface area contributed by atoms with Crippen LogP contribution in [0.25, 0.3) is 0 Å². The molecule has 0 aromatic rings. The summed E-state index contributed by atoms with van der Waals surface area (Å²) in [6.07, 6.45) is 5.57. The minimum absolute atomic E-state index is 0.454. The van der Waals surface area contributed by atoms with E-state index in [0.29, 0.717) is 6.04 Å². The lowest BCUT2D eigenvalue weighted by Crippen LogP contribution is -2.20. The van der Waals surface area contributed by atoms with Crippen LogP contribution in [-0.4, -0.2) is 12.8 Å². The van der Waals surface area contributed by atoms with Gasteiger partial charge in [-0.05, 0) is 33.6 Å². The van der Waals surface area contributed by atoms with Crippen LogP contribution in [0.4, 0.5) is 0 Å². The van der Waals surface area contributed by atoms with E-state index in [0.717, 1.165) is 5.70 Å². The van der Waals surface area contributed by atoms with Gasteiger partial charge < -0.3 is 5.32 Å². The maximum Gasteiger partial charge on any atom is 0.0314 e. The zero-order chi connectivity index (χ0) is 8.69. The Balaban J connectivity index is 3.98. The van der Waals surface area contributed by atoms with Crippen LogP contribution < -0.4 is 5.32 Å². The second-order valence-electron chi connectivity index (χ2n) is 2.54. The highest BCUT2D eigenvalue weighted by Gasteiger charge is 1.91. The summed E-state index contributed by atoms with van der Waals surface area (Å²) < 4.78 is 0. The molecule has 0 radical (unpaired) electrons. The van der Waals surface area contributed by atoms with Gasteiger partial charge in [-0.3, -0.25) is 4.99 Å². The van der Waals surface area contributed by atoms with Crippen molar-refractivity contribution in [3.63, 3.8) is 0 Å². The summed E-state index contributed by atoms with van der Waals surface area (Å²) in [7, 11) is 0. The normalized spacial score (nSPS) is 12.5. The molecule has 62 valence electrons. The molecule has 0 fully saturated rings. The number of rotatable bonds is 4. The summed E-state index contributed by atoms with van der Waals surface area (Å²) in [4.78, 5) is 3.62. The summed E-state index contributed by atoms with van der Waals surface area (Å²) in [5, 5.41) is 3.25. The lowest BCUT2D eigenvalue weighted by Gasteiger charge is -2.09. The maximum atomic E-state index is 3.62. The number of nitrogens with one attached hydrogen (secondary N) is 1. The second kappa shape index (κ2) is 5.71. The fraction of sp³-hybridized carbons (Fsp3) is 0.444. The molecule has 2 nitrogen and oxygen atoms in total. The lowest BCUT2D eigenvalue weighted by atomic mass is 10.3. The Morgan fingerprint density at radius 2 is 2.18 bits per heavy atom. The quantitative estimate of drug-likeness (QED) is 0.484. The van der Waals surface area contributed by atoms with Crippen molar-refractivity contribution in [3.05, 3.63) is 24.0 Å². The largest absolute Gasteiger partial charge is 0.383 e. The van der Waals surface area contributed by atoms with Crippen molar-refractivity contribution in [2.75, 3.05) is 0 Å². The van der Waals surface area contributed by atoms with E-state index in [-0.39, 0.29) is 0 Å². The average molecular weight is 152 g/mol. The molecule has 1 N–H and O–H groups in total. The van der Waals surface area contributed by atoms with Crippen molar-refractivity contribution >= 4 is 6.72 Å². The van der Waals surface area contributed by atoms with Gasteiger partial charge >= 0.3 is 0 Å². The average Bonchev–Trinajstić information content (AvgIpc) is 1.97. The molecule has 0 atom stereocenters. The fourth-order valence-electron chi connectivity index (χ4n) is 0.694. The van der Waals surface area contributed by atoms with Gasteiger partial charge in [0.2, 0.25) is 0 Å². The highest BCUT2D eigenvalue weighted by atomic mass is 14.9. The predicted molar refractivity (Wildman–Crippen MR) is 50.7 cm³/mol. The molecule has 0 spiro atoms. The van der Waals surface area contributed by atoms with Gasteiger partial charge in [0.25, 0.3) is 0 Å². The monoisotopic (exact) mass is 152 g/mol. The van der Waals surface area contributed by atoms with Crippen LogP contribution in [0.3, 0.4) is 0 Å². The highest BCUT2D eigenvalue weighted by molar-refractivity contribution is 5.27. The third-order valence-electron chi connectivity index (χ3n) is 1.13. The van der Waals surface area contributed by atoms with E-state index in [9.17, 15) is 0 Å². The summed E-state index contributed by atoms with van der Waals surface area (Å²) in [5.74, 6) is 0. The lowest BCUT2D eigenvalue weighted by molar-refractivity contribution is 0.680. The van der Waals surface area contributed by atoms with Gasteiger partial charge in [0.1, 0.15) is 0 Å². The van der Waals surface area contributed by atoms with Gasteiger partial charge in [0, 0.05) is 17.9 Å². The first-order chi connectivity index (χ1) is 5.20. The van der Waals surface area contributed by atoms with E-state index < -0.39 is 0 Å². The van der Waals surface area contributed by atoms with Crippen molar-refractivity contribution in [2.45, 2.75) is 26.8 Å². The van der Waals surface area contributed by atoms with Gasteiger partial charge in [-0.2, -0.15) is 0 Å². The highest BCUT2D eigenvalue weighted by Crippen LogP contribution is 1.93. The van der Waals surface area contributed by atoms with Crippen LogP contribution in [0.2, 0.25) is 0 Å². The van der Waals surface area contributed by atoms with Crippen LogP contribution in [-0.2, 0) is 0 Å². The van der Waals surface area contributed by atoms with Crippen LogP contribution in [0, 0.1) is 0 Å². The molecule has 0 unspecified atom stereocenters. The Bertz CT molecular complexity index is 166. The molecule has 11 heavy (non-hydrogen) atoms. The Morgan fingerprint density at radius 3 is 2.55 bits per heavy atom. The number of nitrogens with zero attached hydrogens (tertiary/aromatic N) is 1. The first-order valence-electron chi connectivity index (χ1n) is 3.76. The molecule has 0 bridgehead atoms. The first-order valence-corrected chi connectivity index (χ1v) is 3.76. The number of allylic oxidation sites excluding steroid dienone is 2. The number of aliphatic imine (C=N–C) groups is 1. The SMILES string of the molecule is C=N/C=C\C(=C/C)NC(C)C. The van der Waals surface area contributed by atoms with E-state index in [1.807, 2.05) is 19.1 Å². The standard InChI is InChI=1S/C9H16N2/c1-5-9(6-7-10-4)11-8(2)3/h5-8,11H,4H2,1-3H3/b7-6-,9-5+. The summed E-state index contributed by atoms with van der Waals surface area (Å²) >= 11 is 0. The van der Waals surface area contributed by atoms with Crippen molar-refractivity contribution in [2.24, 2.45) is 4.99 Å². The predicted octanol–water partition coefficient (Wildman–Crippen LogP) is 2.10. The number of hydrogen-bond acceptors (Lipinski definition) is 2. The second-order valence-corrected chi connectivity index (χ2v) is 2.54. The van der Waals surface area contributed by atoms with E-state index in [4.69, 9.17) is 0 Å². The van der Waals surface area contributed by atoms with E-state index in [2.05, 4.69) is 30.9 Å². The summed E-state index contributed by atoms with van der Waals surface area (Å²) in [6, 6.07) is 0.454. The molecular weight excluding hydrogens is 136 g/mol. The molecule has 0 aliphatic heterocycles. The number of hydrogen-bond donors (Lipinski definition) is 1. The Kier molecular flexibility index (Phi) is 5.17. The maximum absolute atomic E-state index is 3.62. The van der Waals surface area contributed by atoms with Gasteiger partial charge in [-0.1, -0.05) is 6.08 Å². The Morgan fingerprint density at radius 1 is 1.55 bits per heavy atom. The topological polar surface area (TPSA) is 24.4 Å². The van der Waals surface area contributed by atoms with Crippen LogP contribution in [0.1, 0.15) is 20.8 Å². The van der Waals surface area contributed by atoms with Gasteiger partial charge in [0.05, 0.1) is 0 Å². The van der Waals surface area contributed by atoms with Gasteiger partial charge in [0.15, 0.2) is 0 Å². The van der Waals surface area contributed by atoms with Crippen LogP contribution in [0.5, 0.6) is 0 Å². The van der Waals surface area contributed by atoms with Gasteiger partial charge in [-0.15, -0.1) is 0 Å². The minimum Gasteiger partial charge on any atom is -0.383 e. The Hall–Kier alpha value is -1.05. The van der Waals surface area contributed by atoms with E-state index in [1.54, 1.807) is 6.20 Å². The van der Waals surface area contributed by atoms with Crippen LogP contribution in [0.15, 0.2) is 29.0 Å². The molecule has 0 aliphatic rings. The zero-order valence-electron chi connectivity index (χ0n) is 7.46. The molecule has 0 heterocycles. The minimum atomic E-state index is 0.454. The Labute approximate surface area is 68.7 Å². The molecule has 0 aliphatic carbocycles. The summed E-state index contributed by atoms with van der Waals surface area (Å²) in [5.41, 5.74) is 1.08. The fourth-order valence-corrected chi connectivity index (χ4v) is 0.694. The van der Waals surface area contributed by atoms with E-state index >= 15 is 0 Å². The first kappa shape index (κ1) is 9.95.